The average Bonchev–Trinajstić information content (AvgIpc) is 3.14. The second kappa shape index (κ2) is 9.27. The summed E-state index contributed by atoms with van der Waals surface area (Å²) in [5.41, 5.74) is 3.65. The zero-order valence-corrected chi connectivity index (χ0v) is 19.8. The zero-order valence-electron chi connectivity index (χ0n) is 17.5. The highest BCUT2D eigenvalue weighted by molar-refractivity contribution is 6.36. The maximum absolute atomic E-state index is 12.2. The third kappa shape index (κ3) is 4.23. The standard InChI is InChI=1S/C23H24Cl3N3O2/c1-3-14(12-20(30)31-4-2)16-7-8-17(25)21-22(16)29-11-5-10-28(23(29)27-21)19-9-6-15(24)13-18(19)26/h6-9,13-14H,3-5,10-12H2,1-2H3. The first-order valence-electron chi connectivity index (χ1n) is 10.5. The van der Waals surface area contributed by atoms with Crippen molar-refractivity contribution in [1.29, 1.82) is 0 Å². The molecule has 8 heteroatoms. The number of carbonyl (C=O) groups excluding carboxylic acids is 1. The lowest BCUT2D eigenvalue weighted by atomic mass is 9.92. The molecule has 0 fully saturated rings. The number of esters is 1. The second-order valence-corrected chi connectivity index (χ2v) is 8.86. The van der Waals surface area contributed by atoms with E-state index in [9.17, 15) is 4.79 Å². The van der Waals surface area contributed by atoms with Crippen LogP contribution >= 0.6 is 34.8 Å². The van der Waals surface area contributed by atoms with Gasteiger partial charge in [-0.2, -0.15) is 0 Å². The lowest BCUT2D eigenvalue weighted by molar-refractivity contribution is -0.143. The van der Waals surface area contributed by atoms with Crippen molar-refractivity contribution in [3.63, 3.8) is 0 Å². The predicted octanol–water partition coefficient (Wildman–Crippen LogP) is 6.99. The molecule has 1 aliphatic heterocycles. The molecule has 0 saturated carbocycles. The van der Waals surface area contributed by atoms with Gasteiger partial charge in [-0.15, -0.1) is 0 Å². The molecular weight excluding hydrogens is 457 g/mol. The molecule has 4 rings (SSSR count). The van der Waals surface area contributed by atoms with Gasteiger partial charge in [-0.25, -0.2) is 4.98 Å². The van der Waals surface area contributed by atoms with Crippen LogP contribution in [0.4, 0.5) is 11.6 Å². The molecule has 31 heavy (non-hydrogen) atoms. The van der Waals surface area contributed by atoms with Crippen molar-refractivity contribution in [2.45, 2.75) is 45.6 Å². The van der Waals surface area contributed by atoms with E-state index in [0.717, 1.165) is 54.2 Å². The predicted molar refractivity (Wildman–Crippen MR) is 127 cm³/mol. The van der Waals surface area contributed by atoms with Crippen LogP contribution in [-0.2, 0) is 16.1 Å². The van der Waals surface area contributed by atoms with Crippen molar-refractivity contribution < 1.29 is 9.53 Å². The summed E-state index contributed by atoms with van der Waals surface area (Å²) in [7, 11) is 0. The lowest BCUT2D eigenvalue weighted by Gasteiger charge is -2.30. The summed E-state index contributed by atoms with van der Waals surface area (Å²) in [6.45, 7) is 5.89. The monoisotopic (exact) mass is 479 g/mol. The third-order valence-electron chi connectivity index (χ3n) is 5.71. The Kier molecular flexibility index (Phi) is 6.65. The lowest BCUT2D eigenvalue weighted by Crippen LogP contribution is -2.28. The molecule has 0 N–H and O–H groups in total. The van der Waals surface area contributed by atoms with Gasteiger partial charge >= 0.3 is 5.97 Å². The fourth-order valence-corrected chi connectivity index (χ4v) is 4.98. The van der Waals surface area contributed by atoms with Gasteiger partial charge in [-0.1, -0.05) is 47.8 Å². The number of ether oxygens (including phenoxy) is 1. The number of fused-ring (bicyclic) bond motifs is 3. The number of anilines is 2. The van der Waals surface area contributed by atoms with Crippen LogP contribution in [0.1, 0.15) is 44.6 Å². The van der Waals surface area contributed by atoms with Gasteiger partial charge in [-0.05, 0) is 55.5 Å². The second-order valence-electron chi connectivity index (χ2n) is 7.61. The topological polar surface area (TPSA) is 47.4 Å². The van der Waals surface area contributed by atoms with Crippen LogP contribution in [0.25, 0.3) is 11.0 Å². The molecule has 2 heterocycles. The van der Waals surface area contributed by atoms with Gasteiger partial charge in [0.1, 0.15) is 5.52 Å². The van der Waals surface area contributed by atoms with E-state index < -0.39 is 0 Å². The first kappa shape index (κ1) is 22.3. The molecule has 1 aliphatic rings. The van der Waals surface area contributed by atoms with E-state index in [2.05, 4.69) is 16.4 Å². The van der Waals surface area contributed by atoms with Crippen LogP contribution in [0, 0.1) is 0 Å². The van der Waals surface area contributed by atoms with E-state index in [1.54, 1.807) is 6.07 Å². The highest BCUT2D eigenvalue weighted by atomic mass is 35.5. The van der Waals surface area contributed by atoms with E-state index in [0.29, 0.717) is 28.1 Å². The minimum Gasteiger partial charge on any atom is -0.466 e. The van der Waals surface area contributed by atoms with Crippen molar-refractivity contribution in [1.82, 2.24) is 9.55 Å². The normalized spacial score (nSPS) is 14.5. The highest BCUT2D eigenvalue weighted by Crippen LogP contribution is 2.41. The van der Waals surface area contributed by atoms with Gasteiger partial charge in [-0.3, -0.25) is 4.79 Å². The molecule has 3 aromatic rings. The molecule has 5 nitrogen and oxygen atoms in total. The van der Waals surface area contributed by atoms with Crippen molar-refractivity contribution in [2.75, 3.05) is 18.1 Å². The van der Waals surface area contributed by atoms with E-state index >= 15 is 0 Å². The van der Waals surface area contributed by atoms with Gasteiger partial charge in [0.25, 0.3) is 0 Å². The Morgan fingerprint density at radius 1 is 1.13 bits per heavy atom. The summed E-state index contributed by atoms with van der Waals surface area (Å²) >= 11 is 19.2. The molecule has 1 unspecified atom stereocenters. The van der Waals surface area contributed by atoms with E-state index in [4.69, 9.17) is 44.5 Å². The van der Waals surface area contributed by atoms with Gasteiger partial charge < -0.3 is 14.2 Å². The number of rotatable bonds is 6. The summed E-state index contributed by atoms with van der Waals surface area (Å²) in [5.74, 6) is 0.630. The smallest absolute Gasteiger partial charge is 0.306 e. The highest BCUT2D eigenvalue weighted by Gasteiger charge is 2.28. The van der Waals surface area contributed by atoms with Crippen molar-refractivity contribution in [2.24, 2.45) is 0 Å². The van der Waals surface area contributed by atoms with E-state index in [1.165, 1.54) is 0 Å². The van der Waals surface area contributed by atoms with Crippen LogP contribution in [0.5, 0.6) is 0 Å². The van der Waals surface area contributed by atoms with Gasteiger partial charge in [0.15, 0.2) is 0 Å². The quantitative estimate of drug-likeness (QED) is 0.357. The molecule has 0 aliphatic carbocycles. The Labute approximate surface area is 196 Å². The summed E-state index contributed by atoms with van der Waals surface area (Å²) in [4.78, 5) is 19.2. The Hall–Kier alpha value is -1.95. The molecule has 0 spiro atoms. The first-order chi connectivity index (χ1) is 14.9. The molecule has 0 amide bonds. The first-order valence-corrected chi connectivity index (χ1v) is 11.6. The molecule has 0 saturated heterocycles. The summed E-state index contributed by atoms with van der Waals surface area (Å²) in [6.07, 6.45) is 2.06. The molecule has 0 radical (unpaired) electrons. The number of nitrogens with zero attached hydrogens (tertiary/aromatic N) is 3. The van der Waals surface area contributed by atoms with Gasteiger partial charge in [0.2, 0.25) is 5.95 Å². The van der Waals surface area contributed by atoms with Crippen molar-refractivity contribution >= 4 is 63.4 Å². The number of aryl methyl sites for hydroxylation is 1. The largest absolute Gasteiger partial charge is 0.466 e. The molecule has 1 aromatic heterocycles. The summed E-state index contributed by atoms with van der Waals surface area (Å²) < 4.78 is 7.40. The van der Waals surface area contributed by atoms with Crippen molar-refractivity contribution in [3.8, 4) is 0 Å². The number of carbonyl (C=O) groups is 1. The molecule has 164 valence electrons. The van der Waals surface area contributed by atoms with Crippen LogP contribution in [0.15, 0.2) is 30.3 Å². The summed E-state index contributed by atoms with van der Waals surface area (Å²) in [6, 6.07) is 9.37. The maximum atomic E-state index is 12.2. The van der Waals surface area contributed by atoms with Crippen LogP contribution in [0.3, 0.4) is 0 Å². The number of aromatic nitrogens is 2. The summed E-state index contributed by atoms with van der Waals surface area (Å²) in [5, 5.41) is 1.76. The SMILES string of the molecule is CCOC(=O)CC(CC)c1ccc(Cl)c2nc3n(c12)CCCN3c1ccc(Cl)cc1Cl. The van der Waals surface area contributed by atoms with Crippen LogP contribution in [-0.4, -0.2) is 28.7 Å². The van der Waals surface area contributed by atoms with Crippen LogP contribution in [0.2, 0.25) is 15.1 Å². The van der Waals surface area contributed by atoms with Crippen molar-refractivity contribution in [3.05, 3.63) is 51.0 Å². The van der Waals surface area contributed by atoms with E-state index in [1.807, 2.05) is 31.2 Å². The molecule has 1 atom stereocenters. The number of hydrogen-bond acceptors (Lipinski definition) is 4. The average molecular weight is 481 g/mol. The third-order valence-corrected chi connectivity index (χ3v) is 6.56. The number of imidazole rings is 1. The minimum absolute atomic E-state index is 0.0223. The molecular formula is C23H24Cl3N3O2. The zero-order chi connectivity index (χ0) is 22.1. The van der Waals surface area contributed by atoms with Gasteiger partial charge in [0, 0.05) is 18.1 Å². The van der Waals surface area contributed by atoms with E-state index in [-0.39, 0.29) is 11.9 Å². The molecule has 2 aromatic carbocycles. The number of benzene rings is 2. The Balaban J connectivity index is 1.85. The Bertz CT molecular complexity index is 1130. The minimum atomic E-state index is -0.189. The number of hydrogen-bond donors (Lipinski definition) is 0. The Morgan fingerprint density at radius 2 is 1.94 bits per heavy atom. The van der Waals surface area contributed by atoms with Gasteiger partial charge in [0.05, 0.1) is 34.3 Å². The number of halogens is 3. The van der Waals surface area contributed by atoms with Crippen LogP contribution < -0.4 is 4.90 Å². The molecule has 0 bridgehead atoms. The Morgan fingerprint density at radius 3 is 2.65 bits per heavy atom. The fraction of sp³-hybridized carbons (Fsp3) is 0.391. The maximum Gasteiger partial charge on any atom is 0.306 e. The fourth-order valence-electron chi connectivity index (χ4n) is 4.28.